The summed E-state index contributed by atoms with van der Waals surface area (Å²) in [5, 5.41) is 9.05. The van der Waals surface area contributed by atoms with Crippen molar-refractivity contribution in [2.24, 2.45) is 4.99 Å². The Hall–Kier alpha value is -0.240. The molecule has 2 aliphatic heterocycles. The van der Waals surface area contributed by atoms with Gasteiger partial charge in [-0.2, -0.15) is 0 Å². The third kappa shape index (κ3) is 3.00. The molecule has 2 rings (SSSR count). The number of hydrogen-bond acceptors (Lipinski definition) is 4. The van der Waals surface area contributed by atoms with Gasteiger partial charge in [0.15, 0.2) is 6.04 Å². The Balaban J connectivity index is 0.00000200. The average Bonchev–Trinajstić information content (AvgIpc) is 2.33. The van der Waals surface area contributed by atoms with E-state index >= 15 is 0 Å². The molecule has 112 valence electrons. The van der Waals surface area contributed by atoms with Crippen LogP contribution in [0.15, 0.2) is 16.3 Å². The van der Waals surface area contributed by atoms with E-state index in [4.69, 9.17) is 11.6 Å². The quantitative estimate of drug-likeness (QED) is 0.446. The lowest BCUT2D eigenvalue weighted by Gasteiger charge is -2.48. The van der Waals surface area contributed by atoms with Gasteiger partial charge < -0.3 is 5.11 Å². The minimum atomic E-state index is -1.13. The number of carbonyl (C=O) groups excluding carboxylic acids is 1. The molecule has 1 saturated heterocycles. The zero-order valence-electron chi connectivity index (χ0n) is 10.7. The third-order valence-electron chi connectivity index (χ3n) is 2.83. The predicted octanol–water partition coefficient (Wildman–Crippen LogP) is 2.47. The molecule has 1 unspecified atom stereocenters. The van der Waals surface area contributed by atoms with Gasteiger partial charge in [0, 0.05) is 11.5 Å². The van der Waals surface area contributed by atoms with Crippen LogP contribution >= 0.6 is 51.7 Å². The summed E-state index contributed by atoms with van der Waals surface area (Å²) in [6, 6.07) is -0.477. The van der Waals surface area contributed by atoms with E-state index in [9.17, 15) is 14.7 Å². The summed E-state index contributed by atoms with van der Waals surface area (Å²) in [7, 11) is 0. The van der Waals surface area contributed by atoms with Crippen LogP contribution in [0.2, 0.25) is 0 Å². The fourth-order valence-corrected chi connectivity index (χ4v) is 4.29. The zero-order chi connectivity index (χ0) is 14.3. The number of β-lactam (4-membered cyclic amide) rings is 1. The van der Waals surface area contributed by atoms with Gasteiger partial charge in [-0.15, -0.1) is 35.8 Å². The molecule has 0 bridgehead atoms. The van der Waals surface area contributed by atoms with Crippen LogP contribution in [0, 0.1) is 0 Å². The normalized spacial score (nSPS) is 26.2. The van der Waals surface area contributed by atoms with Crippen LogP contribution in [0.4, 0.5) is 0 Å². The van der Waals surface area contributed by atoms with E-state index in [2.05, 4.69) is 20.9 Å². The number of carboxylic acids is 1. The van der Waals surface area contributed by atoms with Gasteiger partial charge in [0.25, 0.3) is 5.91 Å². The van der Waals surface area contributed by atoms with Crippen molar-refractivity contribution in [1.29, 1.82) is 0 Å². The van der Waals surface area contributed by atoms with Crippen LogP contribution in [0.5, 0.6) is 0 Å². The number of alkyl halides is 2. The molecule has 0 aromatic heterocycles. The molecule has 0 aromatic rings. The monoisotopic (exact) mass is 402 g/mol. The second kappa shape index (κ2) is 6.68. The molecule has 0 saturated carbocycles. The molecule has 1 amide bonds. The highest BCUT2D eigenvalue weighted by molar-refractivity contribution is 9.10. The van der Waals surface area contributed by atoms with Crippen molar-refractivity contribution >= 4 is 69.3 Å². The molecule has 2 aliphatic rings. The van der Waals surface area contributed by atoms with Crippen LogP contribution in [0.1, 0.15) is 13.8 Å². The number of halogens is 3. The first kappa shape index (κ1) is 17.8. The van der Waals surface area contributed by atoms with Crippen molar-refractivity contribution in [2.75, 3.05) is 5.75 Å². The molecule has 5 nitrogen and oxygen atoms in total. The largest absolute Gasteiger partial charge is 0.477 e. The van der Waals surface area contributed by atoms with Crippen molar-refractivity contribution < 1.29 is 14.7 Å². The first-order chi connectivity index (χ1) is 8.84. The molecule has 1 fully saturated rings. The van der Waals surface area contributed by atoms with Gasteiger partial charge >= 0.3 is 5.97 Å². The molecule has 0 spiro atoms. The summed E-state index contributed by atoms with van der Waals surface area (Å²) in [6.07, 6.45) is 0. The van der Waals surface area contributed by atoms with E-state index in [1.54, 1.807) is 0 Å². The highest BCUT2D eigenvalue weighted by Gasteiger charge is 2.54. The van der Waals surface area contributed by atoms with Crippen molar-refractivity contribution in [2.45, 2.75) is 29.5 Å². The number of aliphatic carboxylic acids is 1. The number of aliphatic imine (C=N–C) groups is 1. The van der Waals surface area contributed by atoms with Gasteiger partial charge in [0.05, 0.1) is 0 Å². The maximum absolute atomic E-state index is 12.1. The van der Waals surface area contributed by atoms with Gasteiger partial charge in [-0.05, 0) is 19.4 Å². The number of thioether (sulfide) groups is 1. The van der Waals surface area contributed by atoms with Crippen molar-refractivity contribution in [3.05, 3.63) is 11.3 Å². The molecular weight excluding hydrogens is 391 g/mol. The first-order valence-corrected chi connectivity index (χ1v) is 7.94. The first-order valence-electron chi connectivity index (χ1n) is 5.54. The van der Waals surface area contributed by atoms with Gasteiger partial charge in [0.2, 0.25) is 0 Å². The molecule has 20 heavy (non-hydrogen) atoms. The van der Waals surface area contributed by atoms with E-state index in [-0.39, 0.29) is 29.4 Å². The second-order valence-corrected chi connectivity index (χ2v) is 7.39. The highest BCUT2D eigenvalue weighted by Crippen LogP contribution is 2.43. The number of carbonyl (C=O) groups is 2. The summed E-state index contributed by atoms with van der Waals surface area (Å²) in [6.45, 7) is 3.63. The Labute approximate surface area is 140 Å². The number of hydrogen-bond donors (Lipinski definition) is 1. The molecule has 0 radical (unpaired) electrons. The summed E-state index contributed by atoms with van der Waals surface area (Å²) in [5.74, 6) is -0.933. The van der Waals surface area contributed by atoms with E-state index in [0.717, 1.165) is 5.71 Å². The standard InChI is InChI=1S/C11H12BrClN2O3S.ClH/c1-4(2)14-6-9(16)15-7(11(17)18)5(8(12)13)3-19-10(6)15;/h6,8,10H,3H2,1-2H3,(H,17,18);1H/t6-,8?,10+;/m1./s1. The number of nitrogens with zero attached hydrogens (tertiary/aromatic N) is 2. The minimum absolute atomic E-state index is 0. The van der Waals surface area contributed by atoms with Crippen molar-refractivity contribution in [1.82, 2.24) is 4.90 Å². The van der Waals surface area contributed by atoms with Gasteiger partial charge in [0.1, 0.15) is 15.4 Å². The highest BCUT2D eigenvalue weighted by atomic mass is 79.9. The molecule has 2 heterocycles. The number of amides is 1. The SMILES string of the molecule is CC(C)=N[C@@H]1C(=O)N2C(C(=O)O)=C(C(Cl)Br)CS[C@@H]12.Cl. The van der Waals surface area contributed by atoms with Crippen LogP contribution in [0.3, 0.4) is 0 Å². The lowest BCUT2D eigenvalue weighted by molar-refractivity contribution is -0.147. The van der Waals surface area contributed by atoms with Crippen molar-refractivity contribution in [3.63, 3.8) is 0 Å². The fourth-order valence-electron chi connectivity index (χ4n) is 2.05. The lowest BCUT2D eigenvalue weighted by Crippen LogP contribution is -2.64. The van der Waals surface area contributed by atoms with E-state index in [1.807, 2.05) is 13.8 Å². The molecule has 1 N–H and O–H groups in total. The number of rotatable bonds is 3. The van der Waals surface area contributed by atoms with Crippen LogP contribution in [-0.4, -0.2) is 49.0 Å². The van der Waals surface area contributed by atoms with Gasteiger partial charge in [-0.1, -0.05) is 15.9 Å². The van der Waals surface area contributed by atoms with Crippen LogP contribution in [-0.2, 0) is 9.59 Å². The van der Waals surface area contributed by atoms with Crippen LogP contribution < -0.4 is 0 Å². The Morgan fingerprint density at radius 1 is 1.60 bits per heavy atom. The molecular formula is C11H13BrCl2N2O3S. The molecule has 0 aliphatic carbocycles. The third-order valence-corrected chi connectivity index (χ3v) is 4.94. The van der Waals surface area contributed by atoms with Gasteiger partial charge in [-0.25, -0.2) is 4.79 Å². The summed E-state index contributed by atoms with van der Waals surface area (Å²) in [4.78, 5) is 29.0. The molecule has 0 aromatic carbocycles. The van der Waals surface area contributed by atoms with E-state index in [0.29, 0.717) is 11.3 Å². The molecule has 9 heteroatoms. The minimum Gasteiger partial charge on any atom is -0.477 e. The second-order valence-electron chi connectivity index (χ2n) is 4.41. The Morgan fingerprint density at radius 2 is 2.20 bits per heavy atom. The van der Waals surface area contributed by atoms with Gasteiger partial charge in [-0.3, -0.25) is 14.7 Å². The maximum atomic E-state index is 12.1. The smallest absolute Gasteiger partial charge is 0.352 e. The maximum Gasteiger partial charge on any atom is 0.352 e. The predicted molar refractivity (Wildman–Crippen MR) is 86.1 cm³/mol. The summed E-state index contributed by atoms with van der Waals surface area (Å²) >= 11 is 10.6. The summed E-state index contributed by atoms with van der Waals surface area (Å²) < 4.78 is -0.588. The topological polar surface area (TPSA) is 70.0 Å². The summed E-state index contributed by atoms with van der Waals surface area (Å²) in [5.41, 5.74) is 1.31. The number of carboxylic acid groups (broad SMARTS) is 1. The lowest BCUT2D eigenvalue weighted by atomic mass is 10.0. The number of fused-ring (bicyclic) bond motifs is 1. The molecule has 3 atom stereocenters. The fraction of sp³-hybridized carbons (Fsp3) is 0.545. The zero-order valence-corrected chi connectivity index (χ0v) is 14.6. The van der Waals surface area contributed by atoms with E-state index in [1.165, 1.54) is 16.7 Å². The Bertz CT molecular complexity index is 506. The van der Waals surface area contributed by atoms with Crippen LogP contribution in [0.25, 0.3) is 0 Å². The Kier molecular flexibility index (Phi) is 5.95. The van der Waals surface area contributed by atoms with Crippen molar-refractivity contribution in [3.8, 4) is 0 Å². The Morgan fingerprint density at radius 3 is 2.65 bits per heavy atom. The average molecular weight is 404 g/mol. The van der Waals surface area contributed by atoms with E-state index < -0.39 is 16.3 Å².